The van der Waals surface area contributed by atoms with Gasteiger partial charge >= 0.3 is 0 Å². The Kier molecular flexibility index (Phi) is 7.17. The van der Waals surface area contributed by atoms with Crippen LogP contribution >= 0.6 is 0 Å². The van der Waals surface area contributed by atoms with Crippen molar-refractivity contribution in [3.63, 3.8) is 0 Å². The first-order chi connectivity index (χ1) is 12.8. The molecule has 2 aromatic rings. The molecule has 2 aromatic carbocycles. The van der Waals surface area contributed by atoms with Crippen LogP contribution < -0.4 is 21.5 Å². The van der Waals surface area contributed by atoms with Gasteiger partial charge in [0.2, 0.25) is 10.9 Å². The quantitative estimate of drug-likeness (QED) is 0.754. The van der Waals surface area contributed by atoms with Crippen LogP contribution in [-0.2, 0) is 0 Å². The van der Waals surface area contributed by atoms with Gasteiger partial charge in [-0.1, -0.05) is 52.0 Å². The Labute approximate surface area is 161 Å². The normalized spacial score (nSPS) is 12.1. The largest absolute Gasteiger partial charge is 0.380 e. The summed E-state index contributed by atoms with van der Waals surface area (Å²) >= 11 is 0. The van der Waals surface area contributed by atoms with E-state index in [-0.39, 0.29) is 16.9 Å². The van der Waals surface area contributed by atoms with E-state index in [1.807, 2.05) is 31.2 Å². The Hall–Kier alpha value is -2.62. The van der Waals surface area contributed by atoms with Gasteiger partial charge in [0, 0.05) is 12.6 Å². The van der Waals surface area contributed by atoms with Crippen molar-refractivity contribution in [3.8, 4) is 0 Å². The summed E-state index contributed by atoms with van der Waals surface area (Å²) in [5, 5.41) is 6.45. The van der Waals surface area contributed by atoms with Gasteiger partial charge in [0.15, 0.2) is 0 Å². The number of hydrogen-bond acceptors (Lipinski definition) is 4. The van der Waals surface area contributed by atoms with Crippen LogP contribution in [0.3, 0.4) is 0 Å². The van der Waals surface area contributed by atoms with E-state index in [0.29, 0.717) is 29.8 Å². The molecule has 4 nitrogen and oxygen atoms in total. The molecule has 0 aromatic heterocycles. The summed E-state index contributed by atoms with van der Waals surface area (Å²) < 4.78 is 0. The molecule has 0 heterocycles. The molecule has 0 aliphatic rings. The molecule has 27 heavy (non-hydrogen) atoms. The number of rotatable bonds is 7. The fourth-order valence-electron chi connectivity index (χ4n) is 2.79. The third-order valence-electron chi connectivity index (χ3n) is 4.56. The van der Waals surface area contributed by atoms with Gasteiger partial charge in [-0.2, -0.15) is 0 Å². The van der Waals surface area contributed by atoms with Crippen LogP contribution in [0, 0.1) is 0 Å². The molecule has 1 atom stereocenters. The molecule has 0 spiro atoms. The number of nitrogens with one attached hydrogen (secondary N) is 2. The lowest BCUT2D eigenvalue weighted by molar-refractivity contribution is 0.833. The van der Waals surface area contributed by atoms with E-state index in [0.717, 1.165) is 11.1 Å². The van der Waals surface area contributed by atoms with Crippen molar-refractivity contribution in [1.29, 1.82) is 0 Å². The highest BCUT2D eigenvalue weighted by molar-refractivity contribution is 5.46. The van der Waals surface area contributed by atoms with E-state index in [2.05, 4.69) is 38.3 Å². The first-order valence-corrected chi connectivity index (χ1v) is 9.57. The van der Waals surface area contributed by atoms with E-state index < -0.39 is 0 Å². The second kappa shape index (κ2) is 9.36. The van der Waals surface area contributed by atoms with Crippen molar-refractivity contribution < 1.29 is 0 Å². The molecule has 0 saturated heterocycles. The highest BCUT2D eigenvalue weighted by Crippen LogP contribution is 2.13. The lowest BCUT2D eigenvalue weighted by atomic mass is 10.1. The predicted molar refractivity (Wildman–Crippen MR) is 115 cm³/mol. The van der Waals surface area contributed by atoms with Crippen molar-refractivity contribution in [2.45, 2.75) is 52.5 Å². The van der Waals surface area contributed by atoms with E-state index >= 15 is 0 Å². The molecular formula is C23H30N2O2. The number of anilines is 2. The molecule has 2 rings (SSSR count). The molecule has 0 amide bonds. The van der Waals surface area contributed by atoms with Crippen LogP contribution in [-0.4, -0.2) is 12.6 Å². The molecule has 0 bridgehead atoms. The van der Waals surface area contributed by atoms with E-state index in [9.17, 15) is 9.59 Å². The standard InChI is InChI=1S/C23H30N2O2/c1-15(2)18-8-6-10-20(22(26)12-18)24-14-17(5)25-21-11-7-9-19(16(3)4)13-23(21)27/h6-13,15-17H,14H2,1-5H3,(H,24,26)(H,25,27). The summed E-state index contributed by atoms with van der Waals surface area (Å²) in [4.78, 5) is 24.8. The average Bonchev–Trinajstić information content (AvgIpc) is 2.90. The molecule has 0 aliphatic heterocycles. The zero-order chi connectivity index (χ0) is 20.0. The third kappa shape index (κ3) is 5.95. The Morgan fingerprint density at radius 3 is 1.74 bits per heavy atom. The zero-order valence-electron chi connectivity index (χ0n) is 16.9. The Balaban J connectivity index is 2.09. The molecule has 4 heteroatoms. The second-order valence-electron chi connectivity index (χ2n) is 7.63. The van der Waals surface area contributed by atoms with Gasteiger partial charge in [-0.25, -0.2) is 0 Å². The van der Waals surface area contributed by atoms with Gasteiger partial charge in [0.25, 0.3) is 0 Å². The average molecular weight is 367 g/mol. The van der Waals surface area contributed by atoms with Gasteiger partial charge in [0.1, 0.15) is 0 Å². The highest BCUT2D eigenvalue weighted by atomic mass is 16.1. The minimum atomic E-state index is -0.0206. The molecule has 0 saturated carbocycles. The van der Waals surface area contributed by atoms with Gasteiger partial charge < -0.3 is 10.6 Å². The Bertz CT molecular complexity index is 891. The van der Waals surface area contributed by atoms with E-state index in [4.69, 9.17) is 0 Å². The fraction of sp³-hybridized carbons (Fsp3) is 0.391. The lowest BCUT2D eigenvalue weighted by Gasteiger charge is -2.15. The van der Waals surface area contributed by atoms with Crippen LogP contribution in [0.25, 0.3) is 0 Å². The summed E-state index contributed by atoms with van der Waals surface area (Å²) in [5.74, 6) is 0.616. The summed E-state index contributed by atoms with van der Waals surface area (Å²) in [6.45, 7) is 10.8. The van der Waals surface area contributed by atoms with Crippen molar-refractivity contribution >= 4 is 11.4 Å². The zero-order valence-corrected chi connectivity index (χ0v) is 16.9. The topological polar surface area (TPSA) is 58.2 Å². The molecule has 144 valence electrons. The minimum absolute atomic E-state index is 0.0166. The Morgan fingerprint density at radius 2 is 1.22 bits per heavy atom. The van der Waals surface area contributed by atoms with Crippen molar-refractivity contribution in [3.05, 3.63) is 80.1 Å². The maximum atomic E-state index is 12.4. The summed E-state index contributed by atoms with van der Waals surface area (Å²) in [6, 6.07) is 14.7. The van der Waals surface area contributed by atoms with Crippen LogP contribution in [0.4, 0.5) is 11.4 Å². The molecule has 0 radical (unpaired) electrons. The van der Waals surface area contributed by atoms with Crippen LogP contribution in [0.5, 0.6) is 0 Å². The van der Waals surface area contributed by atoms with Crippen molar-refractivity contribution in [2.75, 3.05) is 17.2 Å². The first-order valence-electron chi connectivity index (χ1n) is 9.57. The number of hydrogen-bond donors (Lipinski definition) is 2. The van der Waals surface area contributed by atoms with Gasteiger partial charge in [0.05, 0.1) is 11.4 Å². The summed E-state index contributed by atoms with van der Waals surface area (Å²) in [5.41, 5.74) is 3.14. The van der Waals surface area contributed by atoms with E-state index in [1.54, 1.807) is 24.3 Å². The second-order valence-corrected chi connectivity index (χ2v) is 7.63. The maximum absolute atomic E-state index is 12.4. The smallest absolute Gasteiger partial charge is 0.201 e. The van der Waals surface area contributed by atoms with Crippen LogP contribution in [0.2, 0.25) is 0 Å². The first kappa shape index (κ1) is 20.7. The van der Waals surface area contributed by atoms with Crippen molar-refractivity contribution in [2.24, 2.45) is 0 Å². The summed E-state index contributed by atoms with van der Waals surface area (Å²) in [7, 11) is 0. The van der Waals surface area contributed by atoms with Crippen LogP contribution in [0.1, 0.15) is 57.6 Å². The SMILES string of the molecule is CC(CNc1cccc(C(C)C)cc1=O)Nc1cccc(C(C)C)cc1=O. The molecule has 2 N–H and O–H groups in total. The van der Waals surface area contributed by atoms with Crippen LogP contribution in [0.15, 0.2) is 58.1 Å². The summed E-state index contributed by atoms with van der Waals surface area (Å²) in [6.07, 6.45) is 0. The van der Waals surface area contributed by atoms with E-state index in [1.165, 1.54) is 0 Å². The molecule has 0 aliphatic carbocycles. The fourth-order valence-corrected chi connectivity index (χ4v) is 2.79. The Morgan fingerprint density at radius 1 is 0.741 bits per heavy atom. The van der Waals surface area contributed by atoms with Gasteiger partial charge in [-0.3, -0.25) is 9.59 Å². The molecule has 1 unspecified atom stereocenters. The lowest BCUT2D eigenvalue weighted by Crippen LogP contribution is -2.28. The minimum Gasteiger partial charge on any atom is -0.380 e. The molecule has 0 fully saturated rings. The monoisotopic (exact) mass is 366 g/mol. The highest BCUT2D eigenvalue weighted by Gasteiger charge is 2.07. The maximum Gasteiger partial charge on any atom is 0.201 e. The van der Waals surface area contributed by atoms with Gasteiger partial charge in [-0.05, 0) is 54.2 Å². The third-order valence-corrected chi connectivity index (χ3v) is 4.56. The van der Waals surface area contributed by atoms with Crippen molar-refractivity contribution in [1.82, 2.24) is 0 Å². The molecular weight excluding hydrogens is 336 g/mol. The predicted octanol–water partition coefficient (Wildman–Crippen LogP) is 4.57. The van der Waals surface area contributed by atoms with Gasteiger partial charge in [-0.15, -0.1) is 0 Å².